The summed E-state index contributed by atoms with van der Waals surface area (Å²) in [6, 6.07) is 17.6. The van der Waals surface area contributed by atoms with E-state index in [-0.39, 0.29) is 26.5 Å². The van der Waals surface area contributed by atoms with Crippen molar-refractivity contribution >= 4 is 44.8 Å². The number of hydrogen-bond acceptors (Lipinski definition) is 4. The van der Waals surface area contributed by atoms with E-state index in [4.69, 9.17) is 27.9 Å². The van der Waals surface area contributed by atoms with Gasteiger partial charge in [-0.05, 0) is 48.5 Å². The highest BCUT2D eigenvalue weighted by Gasteiger charge is 2.19. The molecule has 0 radical (unpaired) electrons. The number of carbonyl (C=O) groups is 1. The van der Waals surface area contributed by atoms with E-state index in [2.05, 4.69) is 10.0 Å². The largest absolute Gasteiger partial charge is 0.496 e. The first-order chi connectivity index (χ1) is 14.3. The Hall–Kier alpha value is -2.74. The van der Waals surface area contributed by atoms with Crippen LogP contribution in [0, 0.1) is 0 Å². The maximum Gasteiger partial charge on any atom is 0.263 e. The lowest BCUT2D eigenvalue weighted by molar-refractivity contribution is 0.0950. The first kappa shape index (κ1) is 22.0. The number of para-hydroxylation sites is 1. The zero-order chi connectivity index (χ0) is 21.7. The molecule has 3 aromatic rings. The smallest absolute Gasteiger partial charge is 0.263 e. The van der Waals surface area contributed by atoms with Gasteiger partial charge < -0.3 is 10.1 Å². The monoisotopic (exact) mass is 464 g/mol. The minimum Gasteiger partial charge on any atom is -0.496 e. The Morgan fingerprint density at radius 3 is 2.40 bits per heavy atom. The number of hydrogen-bond donors (Lipinski definition) is 2. The first-order valence-corrected chi connectivity index (χ1v) is 11.0. The van der Waals surface area contributed by atoms with Crippen LogP contribution in [0.4, 0.5) is 5.69 Å². The predicted octanol–water partition coefficient (Wildman–Crippen LogP) is 4.73. The molecule has 0 atom stereocenters. The lowest BCUT2D eigenvalue weighted by Gasteiger charge is -2.11. The van der Waals surface area contributed by atoms with Crippen LogP contribution in [0.1, 0.15) is 15.9 Å². The van der Waals surface area contributed by atoms with Crippen molar-refractivity contribution in [3.05, 3.63) is 87.9 Å². The molecule has 0 fully saturated rings. The van der Waals surface area contributed by atoms with E-state index in [1.807, 2.05) is 24.3 Å². The molecule has 3 rings (SSSR count). The van der Waals surface area contributed by atoms with Crippen LogP contribution < -0.4 is 14.8 Å². The second kappa shape index (κ2) is 9.38. The lowest BCUT2D eigenvalue weighted by Crippen LogP contribution is -2.23. The van der Waals surface area contributed by atoms with Crippen molar-refractivity contribution in [2.75, 3.05) is 11.8 Å². The molecule has 0 aliphatic carbocycles. The summed E-state index contributed by atoms with van der Waals surface area (Å²) in [6.07, 6.45) is 0. The molecule has 3 aromatic carbocycles. The van der Waals surface area contributed by atoms with Crippen molar-refractivity contribution in [1.29, 1.82) is 0 Å². The number of amides is 1. The lowest BCUT2D eigenvalue weighted by atomic mass is 10.1. The maximum atomic E-state index is 12.6. The number of sulfonamides is 1. The van der Waals surface area contributed by atoms with Crippen LogP contribution in [0.5, 0.6) is 5.75 Å². The molecule has 2 N–H and O–H groups in total. The standard InChI is InChI=1S/C21H18Cl2N2O4S/c1-29-19-5-3-2-4-15(19)13-24-21(26)14-6-9-17(10-7-14)25-30(27,28)20-12-16(22)8-11-18(20)23/h2-12,25H,13H2,1H3,(H,24,26). The zero-order valence-corrected chi connectivity index (χ0v) is 18.2. The van der Waals surface area contributed by atoms with Crippen LogP contribution in [0.3, 0.4) is 0 Å². The highest BCUT2D eigenvalue weighted by molar-refractivity contribution is 7.92. The summed E-state index contributed by atoms with van der Waals surface area (Å²) < 4.78 is 32.8. The van der Waals surface area contributed by atoms with Gasteiger partial charge in [0.1, 0.15) is 10.6 Å². The number of carbonyl (C=O) groups excluding carboxylic acids is 1. The van der Waals surface area contributed by atoms with E-state index in [1.165, 1.54) is 42.5 Å². The van der Waals surface area contributed by atoms with E-state index < -0.39 is 10.0 Å². The van der Waals surface area contributed by atoms with Gasteiger partial charge >= 0.3 is 0 Å². The molecule has 30 heavy (non-hydrogen) atoms. The fraction of sp³-hybridized carbons (Fsp3) is 0.0952. The Labute approximate surface area is 184 Å². The molecule has 0 saturated carbocycles. The van der Waals surface area contributed by atoms with Gasteiger partial charge in [0.05, 0.1) is 12.1 Å². The number of rotatable bonds is 7. The molecule has 156 valence electrons. The first-order valence-electron chi connectivity index (χ1n) is 8.78. The molecule has 9 heteroatoms. The summed E-state index contributed by atoms with van der Waals surface area (Å²) in [7, 11) is -2.37. The van der Waals surface area contributed by atoms with Crippen LogP contribution in [0.2, 0.25) is 10.0 Å². The molecule has 0 aromatic heterocycles. The molecule has 1 amide bonds. The fourth-order valence-electron chi connectivity index (χ4n) is 2.71. The number of halogens is 2. The minimum absolute atomic E-state index is 0.0549. The van der Waals surface area contributed by atoms with Crippen LogP contribution in [0.25, 0.3) is 0 Å². The Morgan fingerprint density at radius 2 is 1.70 bits per heavy atom. The molecule has 0 heterocycles. The van der Waals surface area contributed by atoms with Crippen molar-refractivity contribution in [3.63, 3.8) is 0 Å². The van der Waals surface area contributed by atoms with Gasteiger partial charge in [0.15, 0.2) is 0 Å². The third-order valence-electron chi connectivity index (χ3n) is 4.21. The van der Waals surface area contributed by atoms with Gasteiger partial charge in [0, 0.05) is 28.4 Å². The number of benzene rings is 3. The van der Waals surface area contributed by atoms with E-state index in [1.54, 1.807) is 7.11 Å². The van der Waals surface area contributed by atoms with Crippen LogP contribution in [-0.4, -0.2) is 21.4 Å². The molecule has 0 bridgehead atoms. The topological polar surface area (TPSA) is 84.5 Å². The van der Waals surface area contributed by atoms with Gasteiger partial charge in [-0.15, -0.1) is 0 Å². The van der Waals surface area contributed by atoms with Crippen molar-refractivity contribution < 1.29 is 17.9 Å². The maximum absolute atomic E-state index is 12.6. The summed E-state index contributed by atoms with van der Waals surface area (Å²) in [4.78, 5) is 12.3. The van der Waals surface area contributed by atoms with Gasteiger partial charge in [-0.1, -0.05) is 41.4 Å². The third-order valence-corrected chi connectivity index (χ3v) is 6.31. The van der Waals surface area contributed by atoms with E-state index in [0.29, 0.717) is 17.9 Å². The molecular formula is C21H18Cl2N2O4S. The molecule has 0 aliphatic heterocycles. The Balaban J connectivity index is 1.68. The van der Waals surface area contributed by atoms with Gasteiger partial charge in [0.25, 0.3) is 15.9 Å². The minimum atomic E-state index is -3.93. The Kier molecular flexibility index (Phi) is 6.87. The normalized spacial score (nSPS) is 11.0. The average Bonchev–Trinajstić information content (AvgIpc) is 2.74. The van der Waals surface area contributed by atoms with Crippen molar-refractivity contribution in [2.24, 2.45) is 0 Å². The molecular weight excluding hydrogens is 447 g/mol. The van der Waals surface area contributed by atoms with E-state index in [0.717, 1.165) is 5.56 Å². The van der Waals surface area contributed by atoms with Gasteiger partial charge in [-0.3, -0.25) is 9.52 Å². The van der Waals surface area contributed by atoms with E-state index >= 15 is 0 Å². The molecule has 0 spiro atoms. The molecule has 0 unspecified atom stereocenters. The zero-order valence-electron chi connectivity index (χ0n) is 15.9. The summed E-state index contributed by atoms with van der Waals surface area (Å²) >= 11 is 11.9. The SMILES string of the molecule is COc1ccccc1CNC(=O)c1ccc(NS(=O)(=O)c2cc(Cl)ccc2Cl)cc1. The third kappa shape index (κ3) is 5.24. The fourth-order valence-corrected chi connectivity index (χ4v) is 4.53. The molecule has 0 saturated heterocycles. The van der Waals surface area contributed by atoms with Crippen LogP contribution in [0.15, 0.2) is 71.6 Å². The predicted molar refractivity (Wildman–Crippen MR) is 118 cm³/mol. The summed E-state index contributed by atoms with van der Waals surface area (Å²) in [5.74, 6) is 0.385. The Bertz CT molecular complexity index is 1170. The average molecular weight is 465 g/mol. The molecule has 6 nitrogen and oxygen atoms in total. The summed E-state index contributed by atoms with van der Waals surface area (Å²) in [6.45, 7) is 0.296. The quantitative estimate of drug-likeness (QED) is 0.528. The highest BCUT2D eigenvalue weighted by atomic mass is 35.5. The number of ether oxygens (including phenoxy) is 1. The summed E-state index contributed by atoms with van der Waals surface area (Å²) in [5, 5.41) is 3.11. The van der Waals surface area contributed by atoms with Crippen molar-refractivity contribution in [1.82, 2.24) is 5.32 Å². The van der Waals surface area contributed by atoms with Gasteiger partial charge in [0.2, 0.25) is 0 Å². The number of anilines is 1. The number of nitrogens with one attached hydrogen (secondary N) is 2. The number of methoxy groups -OCH3 is 1. The highest BCUT2D eigenvalue weighted by Crippen LogP contribution is 2.27. The van der Waals surface area contributed by atoms with Crippen LogP contribution in [-0.2, 0) is 16.6 Å². The van der Waals surface area contributed by atoms with Gasteiger partial charge in [-0.2, -0.15) is 0 Å². The Morgan fingerprint density at radius 1 is 1.00 bits per heavy atom. The molecule has 0 aliphatic rings. The second-order valence-electron chi connectivity index (χ2n) is 6.25. The van der Waals surface area contributed by atoms with Crippen molar-refractivity contribution in [3.8, 4) is 5.75 Å². The second-order valence-corrected chi connectivity index (χ2v) is 8.75. The van der Waals surface area contributed by atoms with Crippen molar-refractivity contribution in [2.45, 2.75) is 11.4 Å². The van der Waals surface area contributed by atoms with Crippen LogP contribution >= 0.6 is 23.2 Å². The van der Waals surface area contributed by atoms with Gasteiger partial charge in [-0.25, -0.2) is 8.42 Å². The summed E-state index contributed by atoms with van der Waals surface area (Å²) in [5.41, 5.74) is 1.51. The van der Waals surface area contributed by atoms with E-state index in [9.17, 15) is 13.2 Å².